The summed E-state index contributed by atoms with van der Waals surface area (Å²) < 4.78 is 54.7. The van der Waals surface area contributed by atoms with Gasteiger partial charge in [0.1, 0.15) is 0 Å². The fraction of sp³-hybridized carbons (Fsp3) is 0.200. The Morgan fingerprint density at radius 2 is 1.21 bits per heavy atom. The van der Waals surface area contributed by atoms with Crippen LogP contribution in [0.4, 0.5) is 0 Å². The lowest BCUT2D eigenvalue weighted by molar-refractivity contribution is 0.273. The maximum absolute atomic E-state index is 13.2. The Morgan fingerprint density at radius 1 is 0.655 bits per heavy atom. The van der Waals surface area contributed by atoms with Gasteiger partial charge in [0.2, 0.25) is 20.0 Å². The number of piperazine rings is 1. The molecule has 0 bridgehead atoms. The minimum atomic E-state index is -3.73. The van der Waals surface area contributed by atoms with Gasteiger partial charge in [-0.2, -0.15) is 8.61 Å². The maximum Gasteiger partial charge on any atom is 0.243 e. The van der Waals surface area contributed by atoms with Crippen molar-refractivity contribution in [2.75, 3.05) is 26.2 Å². The minimum Gasteiger partial charge on any atom is -0.207 e. The number of hydrogen-bond acceptors (Lipinski definition) is 4. The lowest BCUT2D eigenvalue weighted by Crippen LogP contribution is -2.50. The molecule has 0 aromatic heterocycles. The molecule has 4 rings (SSSR count). The largest absolute Gasteiger partial charge is 0.243 e. The van der Waals surface area contributed by atoms with Crippen LogP contribution < -0.4 is 0 Å². The Morgan fingerprint density at radius 3 is 1.86 bits per heavy atom. The molecule has 9 heteroatoms. The summed E-state index contributed by atoms with van der Waals surface area (Å²) in [6.45, 7) is 0.376. The minimum absolute atomic E-state index is 0.0922. The average molecular weight is 451 g/mol. The van der Waals surface area contributed by atoms with E-state index >= 15 is 0 Å². The lowest BCUT2D eigenvalue weighted by Gasteiger charge is -2.33. The highest BCUT2D eigenvalue weighted by molar-refractivity contribution is 7.89. The summed E-state index contributed by atoms with van der Waals surface area (Å²) in [5.74, 6) is 0. The van der Waals surface area contributed by atoms with E-state index < -0.39 is 20.0 Å². The number of sulfonamides is 2. The summed E-state index contributed by atoms with van der Waals surface area (Å²) in [5.41, 5.74) is 0. The summed E-state index contributed by atoms with van der Waals surface area (Å²) in [6, 6.07) is 18.4. The molecule has 1 heterocycles. The van der Waals surface area contributed by atoms with Gasteiger partial charge in [-0.3, -0.25) is 0 Å². The van der Waals surface area contributed by atoms with Crippen molar-refractivity contribution in [1.82, 2.24) is 8.61 Å². The van der Waals surface area contributed by atoms with Crippen LogP contribution in [-0.2, 0) is 20.0 Å². The van der Waals surface area contributed by atoms with Crippen LogP contribution in [0.1, 0.15) is 0 Å². The van der Waals surface area contributed by atoms with Gasteiger partial charge in [0.05, 0.1) is 9.79 Å². The van der Waals surface area contributed by atoms with Crippen LogP contribution >= 0.6 is 11.6 Å². The smallest absolute Gasteiger partial charge is 0.207 e. The second-order valence-corrected chi connectivity index (χ2v) is 11.0. The monoisotopic (exact) mass is 450 g/mol. The Kier molecular flexibility index (Phi) is 5.39. The van der Waals surface area contributed by atoms with Gasteiger partial charge in [0, 0.05) is 36.6 Å². The zero-order chi connectivity index (χ0) is 20.6. The Bertz CT molecular complexity index is 1250. The van der Waals surface area contributed by atoms with Gasteiger partial charge >= 0.3 is 0 Å². The first-order valence-corrected chi connectivity index (χ1v) is 12.3. The SMILES string of the molecule is O=S(=O)(c1ccc(Cl)cc1)N1CCN(S(=O)(=O)c2cccc3ccccc23)CC1. The summed E-state index contributed by atoms with van der Waals surface area (Å²) in [6.07, 6.45) is 0. The van der Waals surface area contributed by atoms with Crippen LogP contribution in [0.2, 0.25) is 5.02 Å². The summed E-state index contributed by atoms with van der Waals surface area (Å²) in [5, 5.41) is 1.96. The van der Waals surface area contributed by atoms with Gasteiger partial charge in [0.15, 0.2) is 0 Å². The van der Waals surface area contributed by atoms with Gasteiger partial charge in [0.25, 0.3) is 0 Å². The van der Waals surface area contributed by atoms with E-state index in [1.54, 1.807) is 24.3 Å². The van der Waals surface area contributed by atoms with Crippen molar-refractivity contribution in [2.24, 2.45) is 0 Å². The maximum atomic E-state index is 13.2. The number of rotatable bonds is 4. The third-order valence-corrected chi connectivity index (χ3v) is 9.14. The van der Waals surface area contributed by atoms with Crippen LogP contribution in [0.15, 0.2) is 76.5 Å². The first kappa shape index (κ1) is 20.3. The summed E-state index contributed by atoms with van der Waals surface area (Å²) in [4.78, 5) is 0.386. The van der Waals surface area contributed by atoms with Crippen LogP contribution in [-0.4, -0.2) is 51.6 Å². The topological polar surface area (TPSA) is 74.8 Å². The standard InChI is InChI=1S/C20H19ClN2O4S2/c21-17-8-10-18(11-9-17)28(24,25)22-12-14-23(15-13-22)29(26,27)20-7-3-5-16-4-1-2-6-19(16)20/h1-11H,12-15H2. The molecule has 0 spiro atoms. The van der Waals surface area contributed by atoms with E-state index in [-0.39, 0.29) is 36.0 Å². The molecule has 152 valence electrons. The molecule has 1 aliphatic rings. The normalized spacial score (nSPS) is 16.9. The summed E-state index contributed by atoms with van der Waals surface area (Å²) in [7, 11) is -7.43. The molecule has 0 atom stereocenters. The highest BCUT2D eigenvalue weighted by atomic mass is 35.5. The van der Waals surface area contributed by atoms with Crippen LogP contribution in [0, 0.1) is 0 Å². The van der Waals surface area contributed by atoms with Crippen molar-refractivity contribution in [3.8, 4) is 0 Å². The number of nitrogens with zero attached hydrogens (tertiary/aromatic N) is 2. The van der Waals surface area contributed by atoms with E-state index in [9.17, 15) is 16.8 Å². The van der Waals surface area contributed by atoms with E-state index in [2.05, 4.69) is 0 Å². The molecule has 0 N–H and O–H groups in total. The van der Waals surface area contributed by atoms with Gasteiger partial charge < -0.3 is 0 Å². The molecule has 6 nitrogen and oxygen atoms in total. The zero-order valence-corrected chi connectivity index (χ0v) is 17.8. The first-order chi connectivity index (χ1) is 13.8. The number of halogens is 1. The first-order valence-electron chi connectivity index (χ1n) is 9.04. The van der Waals surface area contributed by atoms with E-state index in [1.807, 2.05) is 18.2 Å². The Hall–Kier alpha value is -1.97. The van der Waals surface area contributed by atoms with Gasteiger partial charge in [-0.15, -0.1) is 0 Å². The van der Waals surface area contributed by atoms with Gasteiger partial charge in [-0.05, 0) is 35.7 Å². The Labute approximate surface area is 175 Å². The average Bonchev–Trinajstić information content (AvgIpc) is 2.73. The lowest BCUT2D eigenvalue weighted by atomic mass is 10.1. The quantitative estimate of drug-likeness (QED) is 0.611. The number of hydrogen-bond donors (Lipinski definition) is 0. The molecule has 1 saturated heterocycles. The molecule has 3 aromatic rings. The number of fused-ring (bicyclic) bond motifs is 1. The molecular formula is C20H19ClN2O4S2. The molecule has 3 aromatic carbocycles. The molecule has 1 aliphatic heterocycles. The van der Waals surface area contributed by atoms with Crippen LogP contribution in [0.25, 0.3) is 10.8 Å². The molecule has 0 aliphatic carbocycles. The van der Waals surface area contributed by atoms with E-state index in [0.29, 0.717) is 10.4 Å². The fourth-order valence-electron chi connectivity index (χ4n) is 3.47. The van der Waals surface area contributed by atoms with Crippen molar-refractivity contribution in [1.29, 1.82) is 0 Å². The molecule has 0 amide bonds. The van der Waals surface area contributed by atoms with Crippen molar-refractivity contribution >= 4 is 42.4 Å². The second kappa shape index (κ2) is 7.70. The van der Waals surface area contributed by atoms with Crippen molar-refractivity contribution < 1.29 is 16.8 Å². The van der Waals surface area contributed by atoms with Crippen molar-refractivity contribution in [2.45, 2.75) is 9.79 Å². The van der Waals surface area contributed by atoms with Gasteiger partial charge in [-0.1, -0.05) is 48.0 Å². The fourth-order valence-corrected chi connectivity index (χ4v) is 6.65. The summed E-state index contributed by atoms with van der Waals surface area (Å²) >= 11 is 5.83. The zero-order valence-electron chi connectivity index (χ0n) is 15.4. The van der Waals surface area contributed by atoms with E-state index in [1.165, 1.54) is 32.9 Å². The molecule has 0 radical (unpaired) electrons. The predicted molar refractivity (Wildman–Crippen MR) is 113 cm³/mol. The van der Waals surface area contributed by atoms with E-state index in [4.69, 9.17) is 11.6 Å². The molecular weight excluding hydrogens is 432 g/mol. The van der Waals surface area contributed by atoms with Gasteiger partial charge in [-0.25, -0.2) is 16.8 Å². The molecule has 0 saturated carbocycles. The molecule has 29 heavy (non-hydrogen) atoms. The number of benzene rings is 3. The predicted octanol–water partition coefficient (Wildman–Crippen LogP) is 3.19. The van der Waals surface area contributed by atoms with Crippen LogP contribution in [0.5, 0.6) is 0 Å². The van der Waals surface area contributed by atoms with Crippen LogP contribution in [0.3, 0.4) is 0 Å². The second-order valence-electron chi connectivity index (χ2n) is 6.74. The molecule has 0 unspecified atom stereocenters. The third-order valence-electron chi connectivity index (χ3n) is 5.02. The Balaban J connectivity index is 1.57. The van der Waals surface area contributed by atoms with E-state index in [0.717, 1.165) is 5.39 Å². The highest BCUT2D eigenvalue weighted by Crippen LogP contribution is 2.27. The van der Waals surface area contributed by atoms with Crippen molar-refractivity contribution in [3.63, 3.8) is 0 Å². The molecule has 1 fully saturated rings. The third kappa shape index (κ3) is 3.78. The van der Waals surface area contributed by atoms with Crippen molar-refractivity contribution in [3.05, 3.63) is 71.8 Å². The highest BCUT2D eigenvalue weighted by Gasteiger charge is 2.34.